The van der Waals surface area contributed by atoms with Gasteiger partial charge in [0.15, 0.2) is 0 Å². The smallest absolute Gasteiger partial charge is 0.253 e. The van der Waals surface area contributed by atoms with E-state index in [1.807, 2.05) is 13.8 Å². The molecule has 0 aliphatic heterocycles. The molecule has 0 saturated carbocycles. The molecule has 1 aromatic rings. The van der Waals surface area contributed by atoms with Crippen molar-refractivity contribution in [1.82, 2.24) is 5.32 Å². The fourth-order valence-corrected chi connectivity index (χ4v) is 1.42. The van der Waals surface area contributed by atoms with Crippen LogP contribution in [0.25, 0.3) is 0 Å². The van der Waals surface area contributed by atoms with Crippen molar-refractivity contribution in [3.8, 4) is 0 Å². The molecule has 1 aromatic carbocycles. The minimum atomic E-state index is -0.578. The molecule has 0 radical (unpaired) electrons. The number of amides is 1. The molecule has 1 amide bonds. The largest absolute Gasteiger partial charge is 0.396 e. The molecule has 5 heteroatoms. The van der Waals surface area contributed by atoms with E-state index in [2.05, 4.69) is 5.32 Å². The van der Waals surface area contributed by atoms with Gasteiger partial charge in [0.05, 0.1) is 17.4 Å². The minimum absolute atomic E-state index is 0.117. The Morgan fingerprint density at radius 3 is 2.89 bits per heavy atom. The van der Waals surface area contributed by atoms with Gasteiger partial charge in [-0.3, -0.25) is 4.79 Å². The summed E-state index contributed by atoms with van der Waals surface area (Å²) < 4.78 is 18.5. The molecule has 4 nitrogen and oxygen atoms in total. The van der Waals surface area contributed by atoms with Gasteiger partial charge in [-0.1, -0.05) is 6.07 Å². The van der Waals surface area contributed by atoms with Crippen LogP contribution in [0.2, 0.25) is 0 Å². The molecule has 0 saturated heterocycles. The Hall–Kier alpha value is -1.62. The van der Waals surface area contributed by atoms with Gasteiger partial charge < -0.3 is 15.8 Å². The summed E-state index contributed by atoms with van der Waals surface area (Å²) in [4.78, 5) is 11.7. The van der Waals surface area contributed by atoms with Gasteiger partial charge in [0.1, 0.15) is 5.82 Å². The number of anilines is 1. The van der Waals surface area contributed by atoms with Crippen LogP contribution in [0.15, 0.2) is 18.2 Å². The molecule has 100 valence electrons. The maximum absolute atomic E-state index is 13.1. The van der Waals surface area contributed by atoms with Crippen molar-refractivity contribution in [2.24, 2.45) is 0 Å². The van der Waals surface area contributed by atoms with E-state index in [0.29, 0.717) is 19.6 Å². The van der Waals surface area contributed by atoms with Crippen molar-refractivity contribution in [3.05, 3.63) is 29.6 Å². The zero-order valence-corrected chi connectivity index (χ0v) is 10.7. The average molecular weight is 254 g/mol. The second-order valence-corrected chi connectivity index (χ2v) is 4.23. The van der Waals surface area contributed by atoms with E-state index < -0.39 is 5.82 Å². The van der Waals surface area contributed by atoms with Gasteiger partial charge in [-0.2, -0.15) is 0 Å². The first kappa shape index (κ1) is 14.4. The molecule has 0 atom stereocenters. The highest BCUT2D eigenvalue weighted by Crippen LogP contribution is 2.15. The van der Waals surface area contributed by atoms with Crippen LogP contribution in [0.5, 0.6) is 0 Å². The molecule has 0 bridgehead atoms. The van der Waals surface area contributed by atoms with E-state index in [0.717, 1.165) is 0 Å². The monoisotopic (exact) mass is 254 g/mol. The van der Waals surface area contributed by atoms with Crippen molar-refractivity contribution in [3.63, 3.8) is 0 Å². The average Bonchev–Trinajstić information content (AvgIpc) is 2.31. The summed E-state index contributed by atoms with van der Waals surface area (Å²) in [5, 5.41) is 2.68. The lowest BCUT2D eigenvalue weighted by molar-refractivity contribution is 0.0757. The number of nitrogens with one attached hydrogen (secondary N) is 1. The van der Waals surface area contributed by atoms with Gasteiger partial charge in [0, 0.05) is 13.2 Å². The minimum Gasteiger partial charge on any atom is -0.396 e. The molecule has 0 aliphatic carbocycles. The first-order chi connectivity index (χ1) is 8.52. The fraction of sp³-hybridized carbons (Fsp3) is 0.462. The van der Waals surface area contributed by atoms with Crippen molar-refractivity contribution >= 4 is 11.6 Å². The Balaban J connectivity index is 2.39. The number of benzene rings is 1. The van der Waals surface area contributed by atoms with Crippen LogP contribution >= 0.6 is 0 Å². The number of halogens is 1. The highest BCUT2D eigenvalue weighted by Gasteiger charge is 2.11. The summed E-state index contributed by atoms with van der Waals surface area (Å²) in [6, 6.07) is 4.18. The highest BCUT2D eigenvalue weighted by molar-refractivity contribution is 5.99. The number of carbonyl (C=O) groups is 1. The van der Waals surface area contributed by atoms with Gasteiger partial charge in [0.25, 0.3) is 5.91 Å². The number of carbonyl (C=O) groups excluding carboxylic acids is 1. The number of para-hydroxylation sites is 1. The number of ether oxygens (including phenoxy) is 1. The van der Waals surface area contributed by atoms with E-state index in [4.69, 9.17) is 10.5 Å². The van der Waals surface area contributed by atoms with Crippen LogP contribution in [0, 0.1) is 5.82 Å². The van der Waals surface area contributed by atoms with E-state index in [9.17, 15) is 9.18 Å². The fourth-order valence-electron chi connectivity index (χ4n) is 1.42. The summed E-state index contributed by atoms with van der Waals surface area (Å²) >= 11 is 0. The second-order valence-electron chi connectivity index (χ2n) is 4.23. The zero-order chi connectivity index (χ0) is 13.5. The predicted molar refractivity (Wildman–Crippen MR) is 68.9 cm³/mol. The zero-order valence-electron chi connectivity index (χ0n) is 10.7. The van der Waals surface area contributed by atoms with Crippen LogP contribution in [-0.4, -0.2) is 25.2 Å². The normalized spacial score (nSPS) is 10.7. The number of rotatable bonds is 6. The Morgan fingerprint density at radius 1 is 1.50 bits per heavy atom. The number of hydrogen-bond acceptors (Lipinski definition) is 3. The van der Waals surface area contributed by atoms with Crippen LogP contribution in [0.3, 0.4) is 0 Å². The number of nitrogens with two attached hydrogens (primary N) is 1. The van der Waals surface area contributed by atoms with Gasteiger partial charge in [-0.25, -0.2) is 4.39 Å². The molecule has 0 aromatic heterocycles. The van der Waals surface area contributed by atoms with E-state index in [1.165, 1.54) is 18.2 Å². The number of hydrogen-bond donors (Lipinski definition) is 2. The van der Waals surface area contributed by atoms with Gasteiger partial charge in [-0.05, 0) is 32.4 Å². The first-order valence-electron chi connectivity index (χ1n) is 5.96. The molecular weight excluding hydrogens is 235 g/mol. The third kappa shape index (κ3) is 4.33. The molecule has 18 heavy (non-hydrogen) atoms. The number of nitrogen functional groups attached to an aromatic ring is 1. The molecule has 0 fully saturated rings. The van der Waals surface area contributed by atoms with Crippen LogP contribution in [0.4, 0.5) is 10.1 Å². The second kappa shape index (κ2) is 6.96. The van der Waals surface area contributed by atoms with E-state index in [1.54, 1.807) is 0 Å². The topological polar surface area (TPSA) is 64.3 Å². The molecule has 0 unspecified atom stereocenters. The quantitative estimate of drug-likeness (QED) is 0.602. The standard InChI is InChI=1S/C13H19FN2O2/c1-9(2)18-8-4-7-16-13(17)10-5-3-6-11(14)12(10)15/h3,5-6,9H,4,7-8,15H2,1-2H3,(H,16,17). The Morgan fingerprint density at radius 2 is 2.22 bits per heavy atom. The summed E-state index contributed by atoms with van der Waals surface area (Å²) in [5.41, 5.74) is 5.54. The third-order valence-electron chi connectivity index (χ3n) is 2.36. The van der Waals surface area contributed by atoms with Crippen LogP contribution in [-0.2, 0) is 4.74 Å². The van der Waals surface area contributed by atoms with Crippen molar-refractivity contribution in [2.75, 3.05) is 18.9 Å². The first-order valence-corrected chi connectivity index (χ1v) is 5.96. The maximum Gasteiger partial charge on any atom is 0.253 e. The molecule has 0 aliphatic rings. The maximum atomic E-state index is 13.1. The Bertz CT molecular complexity index is 408. The molecule has 1 rings (SSSR count). The van der Waals surface area contributed by atoms with E-state index >= 15 is 0 Å². The van der Waals surface area contributed by atoms with Crippen LogP contribution in [0.1, 0.15) is 30.6 Å². The third-order valence-corrected chi connectivity index (χ3v) is 2.36. The lowest BCUT2D eigenvalue weighted by atomic mass is 10.1. The van der Waals surface area contributed by atoms with Crippen LogP contribution < -0.4 is 11.1 Å². The van der Waals surface area contributed by atoms with Gasteiger partial charge >= 0.3 is 0 Å². The van der Waals surface area contributed by atoms with Crippen molar-refractivity contribution < 1.29 is 13.9 Å². The summed E-state index contributed by atoms with van der Waals surface area (Å²) in [7, 11) is 0. The van der Waals surface area contributed by atoms with Gasteiger partial charge in [0.2, 0.25) is 0 Å². The summed E-state index contributed by atoms with van der Waals surface area (Å²) in [6.45, 7) is 4.95. The molecule has 0 spiro atoms. The van der Waals surface area contributed by atoms with E-state index in [-0.39, 0.29) is 23.3 Å². The molecular formula is C13H19FN2O2. The van der Waals surface area contributed by atoms with Crippen molar-refractivity contribution in [2.45, 2.75) is 26.4 Å². The molecule has 3 N–H and O–H groups in total. The highest BCUT2D eigenvalue weighted by atomic mass is 19.1. The lowest BCUT2D eigenvalue weighted by Gasteiger charge is -2.09. The lowest BCUT2D eigenvalue weighted by Crippen LogP contribution is -2.26. The SMILES string of the molecule is CC(C)OCCCNC(=O)c1cccc(F)c1N. The Labute approximate surface area is 106 Å². The van der Waals surface area contributed by atoms with Gasteiger partial charge in [-0.15, -0.1) is 0 Å². The predicted octanol–water partition coefficient (Wildman–Crippen LogP) is 1.95. The summed E-state index contributed by atoms with van der Waals surface area (Å²) in [6.07, 6.45) is 0.888. The Kier molecular flexibility index (Phi) is 5.58. The molecule has 0 heterocycles. The van der Waals surface area contributed by atoms with Crippen molar-refractivity contribution in [1.29, 1.82) is 0 Å². The summed E-state index contributed by atoms with van der Waals surface area (Å²) in [5.74, 6) is -0.942.